The van der Waals surface area contributed by atoms with Gasteiger partial charge in [0.05, 0.1) is 18.2 Å². The third-order valence-electron chi connectivity index (χ3n) is 4.39. The molecule has 0 spiro atoms. The van der Waals surface area contributed by atoms with Gasteiger partial charge in [-0.05, 0) is 16.7 Å². The molecule has 24 heavy (non-hydrogen) atoms. The van der Waals surface area contributed by atoms with Crippen molar-refractivity contribution in [2.24, 2.45) is 0 Å². The molecule has 0 fully saturated rings. The maximum absolute atomic E-state index is 12.2. The number of hydrogen-bond donors (Lipinski definition) is 3. The fourth-order valence-electron chi connectivity index (χ4n) is 3.13. The van der Waals surface area contributed by atoms with Crippen LogP contribution < -0.4 is 10.6 Å². The lowest BCUT2D eigenvalue weighted by Gasteiger charge is -2.20. The molecule has 0 bridgehead atoms. The van der Waals surface area contributed by atoms with Crippen molar-refractivity contribution in [3.05, 3.63) is 71.3 Å². The molecule has 3 atom stereocenters. The molecule has 1 aliphatic carbocycles. The van der Waals surface area contributed by atoms with Crippen molar-refractivity contribution < 1.29 is 14.6 Å². The van der Waals surface area contributed by atoms with E-state index in [1.807, 2.05) is 54.6 Å². The number of urea groups is 1. The molecule has 3 rings (SSSR count). The molecule has 0 radical (unpaired) electrons. The number of hydrogen-bond acceptors (Lipinski definition) is 3. The lowest BCUT2D eigenvalue weighted by molar-refractivity contribution is 0.102. The van der Waals surface area contributed by atoms with E-state index in [-0.39, 0.29) is 18.2 Å². The average molecular weight is 326 g/mol. The van der Waals surface area contributed by atoms with E-state index in [2.05, 4.69) is 10.6 Å². The highest BCUT2D eigenvalue weighted by atomic mass is 16.5. The van der Waals surface area contributed by atoms with Gasteiger partial charge in [-0.25, -0.2) is 4.79 Å². The molecule has 126 valence electrons. The van der Waals surface area contributed by atoms with Crippen LogP contribution in [0.1, 0.15) is 28.8 Å². The maximum atomic E-state index is 12.2. The minimum Gasteiger partial charge on any atom is -0.390 e. The Morgan fingerprint density at radius 3 is 2.67 bits per heavy atom. The quantitative estimate of drug-likeness (QED) is 0.790. The van der Waals surface area contributed by atoms with Crippen LogP contribution in [0.2, 0.25) is 0 Å². The molecule has 2 aromatic rings. The molecular formula is C19H22N2O3. The normalized spacial score (nSPS) is 20.2. The van der Waals surface area contributed by atoms with Crippen LogP contribution in [0, 0.1) is 0 Å². The topological polar surface area (TPSA) is 70.6 Å². The Balaban J connectivity index is 1.58. The van der Waals surface area contributed by atoms with Crippen molar-refractivity contribution in [1.29, 1.82) is 0 Å². The van der Waals surface area contributed by atoms with Gasteiger partial charge in [0.2, 0.25) is 0 Å². The number of carbonyl (C=O) groups is 1. The number of carbonyl (C=O) groups excluding carboxylic acids is 1. The van der Waals surface area contributed by atoms with Crippen LogP contribution in [-0.2, 0) is 11.2 Å². The van der Waals surface area contributed by atoms with E-state index in [1.165, 1.54) is 0 Å². The van der Waals surface area contributed by atoms with Crippen molar-refractivity contribution in [2.45, 2.75) is 24.7 Å². The summed E-state index contributed by atoms with van der Waals surface area (Å²) in [5.41, 5.74) is 3.06. The van der Waals surface area contributed by atoms with Gasteiger partial charge in [-0.2, -0.15) is 0 Å². The van der Waals surface area contributed by atoms with E-state index in [0.29, 0.717) is 13.0 Å². The Labute approximate surface area is 141 Å². The average Bonchev–Trinajstić information content (AvgIpc) is 2.92. The molecule has 3 N–H and O–H groups in total. The van der Waals surface area contributed by atoms with Gasteiger partial charge in [-0.15, -0.1) is 0 Å². The van der Waals surface area contributed by atoms with E-state index in [9.17, 15) is 9.90 Å². The number of nitrogens with one attached hydrogen (secondary N) is 2. The van der Waals surface area contributed by atoms with Crippen LogP contribution in [0.4, 0.5) is 4.79 Å². The molecule has 0 heterocycles. The van der Waals surface area contributed by atoms with Crippen LogP contribution in [0.15, 0.2) is 54.6 Å². The van der Waals surface area contributed by atoms with E-state index in [0.717, 1.165) is 16.7 Å². The molecule has 0 aromatic heterocycles. The zero-order valence-electron chi connectivity index (χ0n) is 13.6. The fraction of sp³-hybridized carbons (Fsp3) is 0.316. The number of ether oxygens (including phenoxy) is 1. The summed E-state index contributed by atoms with van der Waals surface area (Å²) in [7, 11) is 1.62. The zero-order chi connectivity index (χ0) is 16.9. The van der Waals surface area contributed by atoms with Crippen LogP contribution in [0.5, 0.6) is 0 Å². The highest BCUT2D eigenvalue weighted by molar-refractivity contribution is 5.74. The first kappa shape index (κ1) is 16.5. The van der Waals surface area contributed by atoms with Gasteiger partial charge in [-0.3, -0.25) is 0 Å². The van der Waals surface area contributed by atoms with Crippen LogP contribution in [0.25, 0.3) is 0 Å². The van der Waals surface area contributed by atoms with Gasteiger partial charge >= 0.3 is 6.03 Å². The Bertz CT molecular complexity index is 690. The Hall–Kier alpha value is -2.37. The summed E-state index contributed by atoms with van der Waals surface area (Å²) in [4.78, 5) is 12.2. The molecule has 0 saturated carbocycles. The van der Waals surface area contributed by atoms with Crippen LogP contribution in [-0.4, -0.2) is 30.9 Å². The molecule has 2 amide bonds. The summed E-state index contributed by atoms with van der Waals surface area (Å²) in [6.45, 7) is 0.358. The van der Waals surface area contributed by atoms with E-state index in [1.54, 1.807) is 7.11 Å². The molecular weight excluding hydrogens is 304 g/mol. The SMILES string of the molecule is COC(CNC(=O)NC1c2ccccc2CC1O)c1ccccc1. The molecule has 0 aliphatic heterocycles. The second-order valence-electron chi connectivity index (χ2n) is 5.94. The monoisotopic (exact) mass is 326 g/mol. The molecule has 3 unspecified atom stereocenters. The second-order valence-corrected chi connectivity index (χ2v) is 5.94. The molecule has 5 nitrogen and oxygen atoms in total. The third-order valence-corrected chi connectivity index (χ3v) is 4.39. The molecule has 5 heteroatoms. The zero-order valence-corrected chi connectivity index (χ0v) is 13.6. The summed E-state index contributed by atoms with van der Waals surface area (Å²) >= 11 is 0. The van der Waals surface area contributed by atoms with Gasteiger partial charge in [0, 0.05) is 20.1 Å². The first-order valence-corrected chi connectivity index (χ1v) is 8.07. The van der Waals surface area contributed by atoms with Crippen molar-refractivity contribution in [3.63, 3.8) is 0 Å². The van der Waals surface area contributed by atoms with Crippen LogP contribution in [0.3, 0.4) is 0 Å². The third kappa shape index (κ3) is 3.58. The predicted molar refractivity (Wildman–Crippen MR) is 91.6 cm³/mol. The Morgan fingerprint density at radius 1 is 1.21 bits per heavy atom. The molecule has 0 saturated heterocycles. The van der Waals surface area contributed by atoms with E-state index >= 15 is 0 Å². The van der Waals surface area contributed by atoms with Gasteiger partial charge in [0.1, 0.15) is 0 Å². The first-order valence-electron chi connectivity index (χ1n) is 8.07. The van der Waals surface area contributed by atoms with Gasteiger partial charge < -0.3 is 20.5 Å². The standard InChI is InChI=1S/C19H22N2O3/c1-24-17(13-7-3-2-4-8-13)12-20-19(23)21-18-15-10-6-5-9-14(15)11-16(18)22/h2-10,16-18,22H,11-12H2,1H3,(H2,20,21,23). The number of aliphatic hydroxyl groups excluding tert-OH is 1. The van der Waals surface area contributed by atoms with Crippen molar-refractivity contribution in [2.75, 3.05) is 13.7 Å². The highest BCUT2D eigenvalue weighted by Crippen LogP contribution is 2.31. The Kier molecular flexibility index (Phi) is 5.13. The van der Waals surface area contributed by atoms with E-state index < -0.39 is 6.10 Å². The first-order chi connectivity index (χ1) is 11.7. The van der Waals surface area contributed by atoms with Crippen LogP contribution >= 0.6 is 0 Å². The van der Waals surface area contributed by atoms with E-state index in [4.69, 9.17) is 4.74 Å². The number of benzene rings is 2. The largest absolute Gasteiger partial charge is 0.390 e. The predicted octanol–water partition coefficient (Wildman–Crippen LogP) is 2.33. The summed E-state index contributed by atoms with van der Waals surface area (Å²) in [6, 6.07) is 16.8. The molecule has 2 aromatic carbocycles. The number of rotatable bonds is 5. The number of fused-ring (bicyclic) bond motifs is 1. The summed E-state index contributed by atoms with van der Waals surface area (Å²) in [6.07, 6.45) is -0.246. The van der Waals surface area contributed by atoms with Crippen molar-refractivity contribution in [1.82, 2.24) is 10.6 Å². The van der Waals surface area contributed by atoms with Gasteiger partial charge in [0.15, 0.2) is 0 Å². The fourth-order valence-corrected chi connectivity index (χ4v) is 3.13. The second kappa shape index (κ2) is 7.47. The summed E-state index contributed by atoms with van der Waals surface area (Å²) < 4.78 is 5.44. The lowest BCUT2D eigenvalue weighted by Crippen LogP contribution is -2.42. The smallest absolute Gasteiger partial charge is 0.315 e. The van der Waals surface area contributed by atoms with Gasteiger partial charge in [-0.1, -0.05) is 54.6 Å². The number of aliphatic hydroxyl groups is 1. The number of methoxy groups -OCH3 is 1. The lowest BCUT2D eigenvalue weighted by atomic mass is 10.1. The number of amides is 2. The molecule has 1 aliphatic rings. The minimum absolute atomic E-state index is 0.210. The summed E-state index contributed by atoms with van der Waals surface area (Å²) in [5, 5.41) is 15.9. The Morgan fingerprint density at radius 2 is 1.92 bits per heavy atom. The highest BCUT2D eigenvalue weighted by Gasteiger charge is 2.31. The van der Waals surface area contributed by atoms with Crippen molar-refractivity contribution in [3.8, 4) is 0 Å². The maximum Gasteiger partial charge on any atom is 0.315 e. The van der Waals surface area contributed by atoms with Gasteiger partial charge in [0.25, 0.3) is 0 Å². The van der Waals surface area contributed by atoms with Crippen molar-refractivity contribution >= 4 is 6.03 Å². The summed E-state index contributed by atoms with van der Waals surface area (Å²) in [5.74, 6) is 0. The minimum atomic E-state index is -0.597.